The van der Waals surface area contributed by atoms with Crippen molar-refractivity contribution in [2.75, 3.05) is 18.0 Å². The summed E-state index contributed by atoms with van der Waals surface area (Å²) < 4.78 is 17.5. The monoisotopic (exact) mass is 400 g/mol. The fourth-order valence-corrected chi connectivity index (χ4v) is 4.45. The fraction of sp³-hybridized carbons (Fsp3) is 0.550. The lowest BCUT2D eigenvalue weighted by Gasteiger charge is -2.29. The van der Waals surface area contributed by atoms with Gasteiger partial charge in [0.05, 0.1) is 11.6 Å². The van der Waals surface area contributed by atoms with Crippen LogP contribution in [0.15, 0.2) is 24.5 Å². The van der Waals surface area contributed by atoms with Crippen molar-refractivity contribution >= 4 is 33.9 Å². The first-order chi connectivity index (χ1) is 13.4. The molecule has 1 aromatic carbocycles. The second-order valence-electron chi connectivity index (χ2n) is 8.45. The minimum absolute atomic E-state index is 0.101. The third kappa shape index (κ3) is 3.56. The van der Waals surface area contributed by atoms with E-state index in [1.165, 1.54) is 19.3 Å². The third-order valence-corrected chi connectivity index (χ3v) is 6.91. The summed E-state index contributed by atoms with van der Waals surface area (Å²) in [6, 6.07) is 5.99. The van der Waals surface area contributed by atoms with Crippen LogP contribution in [0.25, 0.3) is 16.6 Å². The molecular formula is C20H28N6OS. The number of nitrogens with zero attached hydrogens (tertiary/aromatic N) is 5. The molecule has 0 radical (unpaired) electrons. The topological polar surface area (TPSA) is 81.4 Å². The first kappa shape index (κ1) is 19.4. The van der Waals surface area contributed by atoms with Crippen molar-refractivity contribution in [2.45, 2.75) is 57.7 Å². The number of hydrogen-bond acceptors (Lipinski definition) is 6. The van der Waals surface area contributed by atoms with Gasteiger partial charge in [0.15, 0.2) is 5.65 Å². The maximum atomic E-state index is 12.6. The highest BCUT2D eigenvalue weighted by atomic mass is 32.2. The van der Waals surface area contributed by atoms with Crippen molar-refractivity contribution in [1.29, 1.82) is 0 Å². The zero-order valence-corrected chi connectivity index (χ0v) is 17.8. The summed E-state index contributed by atoms with van der Waals surface area (Å²) in [6.07, 6.45) is 5.36. The largest absolute Gasteiger partial charge is 0.598 e. The van der Waals surface area contributed by atoms with Gasteiger partial charge in [-0.25, -0.2) is 4.98 Å². The molecule has 0 amide bonds. The number of nitrogens with one attached hydrogen (secondary N) is 1. The maximum Gasteiger partial charge on any atom is 0.213 e. The van der Waals surface area contributed by atoms with Crippen LogP contribution in [0.1, 0.15) is 58.6 Å². The molecule has 1 unspecified atom stereocenters. The normalized spacial score (nSPS) is 18.0. The Hall–Kier alpha value is -1.90. The molecule has 1 fully saturated rings. The number of benzene rings is 1. The van der Waals surface area contributed by atoms with Crippen LogP contribution < -0.4 is 9.62 Å². The molecule has 3 aromatic rings. The van der Waals surface area contributed by atoms with Gasteiger partial charge in [-0.3, -0.25) is 4.40 Å². The Bertz CT molecular complexity index is 976. The molecule has 1 N–H and O–H groups in total. The minimum atomic E-state index is -1.16. The Balaban J connectivity index is 1.82. The zero-order chi connectivity index (χ0) is 19.9. The fourth-order valence-electron chi connectivity index (χ4n) is 3.65. The predicted molar refractivity (Wildman–Crippen MR) is 114 cm³/mol. The van der Waals surface area contributed by atoms with E-state index >= 15 is 0 Å². The van der Waals surface area contributed by atoms with Gasteiger partial charge in [-0.05, 0) is 58.6 Å². The van der Waals surface area contributed by atoms with E-state index in [0.717, 1.165) is 41.2 Å². The van der Waals surface area contributed by atoms with Crippen LogP contribution in [0.3, 0.4) is 0 Å². The van der Waals surface area contributed by atoms with Crippen molar-refractivity contribution in [3.63, 3.8) is 0 Å². The highest BCUT2D eigenvalue weighted by molar-refractivity contribution is 7.90. The second-order valence-corrected chi connectivity index (χ2v) is 10.4. The van der Waals surface area contributed by atoms with Gasteiger partial charge in [0.2, 0.25) is 5.95 Å². The Kier molecular flexibility index (Phi) is 5.20. The molecule has 150 valence electrons. The Morgan fingerprint density at radius 1 is 1.18 bits per heavy atom. The maximum absolute atomic E-state index is 12.6. The van der Waals surface area contributed by atoms with Crippen molar-refractivity contribution in [3.05, 3.63) is 30.1 Å². The number of fused-ring (bicyclic) bond motifs is 3. The summed E-state index contributed by atoms with van der Waals surface area (Å²) in [4.78, 5) is 7.38. The first-order valence-corrected chi connectivity index (χ1v) is 11.1. The van der Waals surface area contributed by atoms with E-state index in [0.29, 0.717) is 0 Å². The van der Waals surface area contributed by atoms with Crippen molar-refractivity contribution in [3.8, 4) is 0 Å². The summed E-state index contributed by atoms with van der Waals surface area (Å²) in [5, 5.41) is 9.48. The first-order valence-electron chi connectivity index (χ1n) is 9.91. The SMILES string of the molecule is C[C@@H](N[S+]([O-])C(C)(C)C)c1cccc2c1nc(N1CCCCC1)n1cnnc21. The lowest BCUT2D eigenvalue weighted by Crippen LogP contribution is -2.40. The van der Waals surface area contributed by atoms with Gasteiger partial charge in [0.25, 0.3) is 0 Å². The number of aromatic nitrogens is 4. The average molecular weight is 401 g/mol. The molecule has 3 heterocycles. The molecule has 1 aliphatic rings. The summed E-state index contributed by atoms with van der Waals surface area (Å²) >= 11 is -1.16. The summed E-state index contributed by atoms with van der Waals surface area (Å²) in [5.74, 6) is 0.892. The average Bonchev–Trinajstić information content (AvgIpc) is 3.17. The lowest BCUT2D eigenvalue weighted by molar-refractivity contribution is 0.531. The zero-order valence-electron chi connectivity index (χ0n) is 17.0. The van der Waals surface area contributed by atoms with Crippen LogP contribution in [0.4, 0.5) is 5.95 Å². The summed E-state index contributed by atoms with van der Waals surface area (Å²) in [6.45, 7) is 9.94. The molecule has 0 bridgehead atoms. The number of hydrogen-bond donors (Lipinski definition) is 1. The lowest BCUT2D eigenvalue weighted by atomic mass is 10.1. The van der Waals surface area contributed by atoms with Gasteiger partial charge in [-0.1, -0.05) is 12.1 Å². The molecule has 28 heavy (non-hydrogen) atoms. The van der Waals surface area contributed by atoms with Crippen LogP contribution >= 0.6 is 0 Å². The predicted octanol–water partition coefficient (Wildman–Crippen LogP) is 3.38. The van der Waals surface area contributed by atoms with Gasteiger partial charge in [0.1, 0.15) is 11.1 Å². The molecule has 1 aliphatic heterocycles. The quantitative estimate of drug-likeness (QED) is 0.676. The molecule has 4 rings (SSSR count). The molecule has 0 saturated carbocycles. The molecule has 2 aromatic heterocycles. The second kappa shape index (κ2) is 7.50. The van der Waals surface area contributed by atoms with E-state index in [9.17, 15) is 4.55 Å². The van der Waals surface area contributed by atoms with Crippen LogP contribution in [-0.4, -0.2) is 42.0 Å². The summed E-state index contributed by atoms with van der Waals surface area (Å²) in [5.41, 5.74) is 2.74. The van der Waals surface area contributed by atoms with E-state index < -0.39 is 11.4 Å². The summed E-state index contributed by atoms with van der Waals surface area (Å²) in [7, 11) is 0. The van der Waals surface area contributed by atoms with E-state index in [1.54, 1.807) is 6.33 Å². The number of para-hydroxylation sites is 1. The minimum Gasteiger partial charge on any atom is -0.598 e. The van der Waals surface area contributed by atoms with Gasteiger partial charge < -0.3 is 9.45 Å². The van der Waals surface area contributed by atoms with Gasteiger partial charge in [0, 0.05) is 29.8 Å². The molecule has 0 aliphatic carbocycles. The Labute approximate surface area is 168 Å². The number of anilines is 1. The number of piperidine rings is 1. The third-order valence-electron chi connectivity index (χ3n) is 5.23. The van der Waals surface area contributed by atoms with E-state index in [1.807, 2.05) is 44.2 Å². The van der Waals surface area contributed by atoms with Crippen molar-refractivity contribution in [2.24, 2.45) is 0 Å². The molecule has 8 heteroatoms. The molecule has 1 saturated heterocycles. The Morgan fingerprint density at radius 2 is 1.93 bits per heavy atom. The van der Waals surface area contributed by atoms with Crippen molar-refractivity contribution in [1.82, 2.24) is 24.3 Å². The van der Waals surface area contributed by atoms with E-state index in [4.69, 9.17) is 4.98 Å². The molecule has 2 atom stereocenters. The van der Waals surface area contributed by atoms with Gasteiger partial charge in [-0.2, -0.15) is 0 Å². The smallest absolute Gasteiger partial charge is 0.213 e. The van der Waals surface area contributed by atoms with Crippen molar-refractivity contribution < 1.29 is 4.55 Å². The van der Waals surface area contributed by atoms with Crippen LogP contribution in [-0.2, 0) is 11.4 Å². The van der Waals surface area contributed by atoms with E-state index in [-0.39, 0.29) is 10.8 Å². The van der Waals surface area contributed by atoms with Crippen LogP contribution in [0.5, 0.6) is 0 Å². The standard InChI is InChI=1S/C20H28N6OS/c1-14(24-28(27)20(2,3)4)15-9-8-10-16-17(15)22-19(25-11-6-5-7-12-25)26-13-21-23-18(16)26/h8-10,13-14,24H,5-7,11-12H2,1-4H3/t14-,28?/m1/s1. The van der Waals surface area contributed by atoms with E-state index in [2.05, 4.69) is 25.9 Å². The van der Waals surface area contributed by atoms with Gasteiger partial charge in [-0.15, -0.1) is 14.9 Å². The molecule has 7 nitrogen and oxygen atoms in total. The Morgan fingerprint density at radius 3 is 2.64 bits per heavy atom. The highest BCUT2D eigenvalue weighted by Gasteiger charge is 2.29. The van der Waals surface area contributed by atoms with Crippen LogP contribution in [0, 0.1) is 0 Å². The van der Waals surface area contributed by atoms with Crippen LogP contribution in [0.2, 0.25) is 0 Å². The highest BCUT2D eigenvalue weighted by Crippen LogP contribution is 2.30. The molecule has 0 spiro atoms. The molecular weight excluding hydrogens is 372 g/mol. The van der Waals surface area contributed by atoms with Gasteiger partial charge >= 0.3 is 0 Å². The number of rotatable bonds is 4.